The Morgan fingerprint density at radius 1 is 1.14 bits per heavy atom. The lowest BCUT2D eigenvalue weighted by Crippen LogP contribution is -2.27. The summed E-state index contributed by atoms with van der Waals surface area (Å²) in [7, 11) is 0. The molecule has 1 aliphatic rings. The van der Waals surface area contributed by atoms with E-state index in [1.165, 1.54) is 12.1 Å². The van der Waals surface area contributed by atoms with Gasteiger partial charge in [-0.1, -0.05) is 35.5 Å². The van der Waals surface area contributed by atoms with Gasteiger partial charge in [0, 0.05) is 12.1 Å². The van der Waals surface area contributed by atoms with Crippen molar-refractivity contribution in [3.63, 3.8) is 0 Å². The molecule has 2 aromatic rings. The highest BCUT2D eigenvalue weighted by atomic mass is 19.1. The molecule has 1 unspecified atom stereocenters. The van der Waals surface area contributed by atoms with Gasteiger partial charge in [-0.25, -0.2) is 4.39 Å². The third kappa shape index (κ3) is 3.08. The van der Waals surface area contributed by atoms with Crippen LogP contribution in [0.2, 0.25) is 0 Å². The van der Waals surface area contributed by atoms with Crippen molar-refractivity contribution in [3.8, 4) is 0 Å². The maximum atomic E-state index is 12.9. The molecule has 21 heavy (non-hydrogen) atoms. The van der Waals surface area contributed by atoms with E-state index in [0.717, 1.165) is 5.56 Å². The molecule has 2 aromatic carbocycles. The van der Waals surface area contributed by atoms with Gasteiger partial charge < -0.3 is 10.2 Å². The van der Waals surface area contributed by atoms with Crippen LogP contribution in [0.25, 0.3) is 0 Å². The number of nitrogens with one attached hydrogen (secondary N) is 1. The van der Waals surface area contributed by atoms with E-state index in [4.69, 9.17) is 4.84 Å². The van der Waals surface area contributed by atoms with Gasteiger partial charge in [-0.3, -0.25) is 4.79 Å². The first-order chi connectivity index (χ1) is 10.2. The Kier molecular flexibility index (Phi) is 3.64. The van der Waals surface area contributed by atoms with Gasteiger partial charge in [0.2, 0.25) is 6.10 Å². The average Bonchev–Trinajstić information content (AvgIpc) is 2.99. The molecule has 0 aliphatic carbocycles. The zero-order valence-electron chi connectivity index (χ0n) is 11.1. The monoisotopic (exact) mass is 284 g/mol. The lowest BCUT2D eigenvalue weighted by Gasteiger charge is -2.09. The number of para-hydroxylation sites is 1. The van der Waals surface area contributed by atoms with E-state index >= 15 is 0 Å². The fourth-order valence-electron chi connectivity index (χ4n) is 2.08. The van der Waals surface area contributed by atoms with Crippen LogP contribution in [0.5, 0.6) is 0 Å². The summed E-state index contributed by atoms with van der Waals surface area (Å²) < 4.78 is 12.9. The van der Waals surface area contributed by atoms with Crippen molar-refractivity contribution in [2.24, 2.45) is 5.16 Å². The maximum Gasteiger partial charge on any atom is 0.268 e. The van der Waals surface area contributed by atoms with Crippen LogP contribution in [0, 0.1) is 5.82 Å². The Morgan fingerprint density at radius 2 is 1.86 bits per heavy atom. The second kappa shape index (κ2) is 5.75. The molecule has 0 spiro atoms. The van der Waals surface area contributed by atoms with Gasteiger partial charge in [-0.2, -0.15) is 0 Å². The number of hydrogen-bond donors (Lipinski definition) is 1. The van der Waals surface area contributed by atoms with Crippen LogP contribution >= 0.6 is 0 Å². The predicted molar refractivity (Wildman–Crippen MR) is 77.5 cm³/mol. The maximum absolute atomic E-state index is 12.9. The molecule has 1 heterocycles. The van der Waals surface area contributed by atoms with E-state index in [1.54, 1.807) is 24.3 Å². The quantitative estimate of drug-likeness (QED) is 0.942. The molecule has 1 atom stereocenters. The van der Waals surface area contributed by atoms with Crippen LogP contribution in [-0.2, 0) is 9.63 Å². The standard InChI is InChI=1S/C16H13FN2O2/c17-12-8-6-11(7-9-12)14-10-15(21-19-14)16(20)18-13-4-2-1-3-5-13/h1-9,15H,10H2,(H,18,20). The zero-order valence-corrected chi connectivity index (χ0v) is 11.1. The molecular weight excluding hydrogens is 271 g/mol. The molecule has 1 amide bonds. The minimum atomic E-state index is -0.662. The first kappa shape index (κ1) is 13.3. The normalized spacial score (nSPS) is 17.0. The Morgan fingerprint density at radius 3 is 2.57 bits per heavy atom. The molecule has 1 aliphatic heterocycles. The molecule has 0 bridgehead atoms. The summed E-state index contributed by atoms with van der Waals surface area (Å²) in [6.45, 7) is 0. The van der Waals surface area contributed by atoms with Crippen molar-refractivity contribution < 1.29 is 14.0 Å². The van der Waals surface area contributed by atoms with Gasteiger partial charge in [-0.05, 0) is 29.8 Å². The van der Waals surface area contributed by atoms with Gasteiger partial charge >= 0.3 is 0 Å². The molecule has 3 rings (SSSR count). The van der Waals surface area contributed by atoms with Crippen molar-refractivity contribution in [2.75, 3.05) is 5.32 Å². The van der Waals surface area contributed by atoms with Crippen LogP contribution in [0.3, 0.4) is 0 Å². The Hall–Kier alpha value is -2.69. The van der Waals surface area contributed by atoms with Crippen molar-refractivity contribution in [3.05, 3.63) is 66.0 Å². The van der Waals surface area contributed by atoms with E-state index in [-0.39, 0.29) is 11.7 Å². The van der Waals surface area contributed by atoms with Gasteiger partial charge in [0.15, 0.2) is 0 Å². The Balaban J connectivity index is 1.63. The molecule has 1 N–H and O–H groups in total. The van der Waals surface area contributed by atoms with Gasteiger partial charge in [0.05, 0.1) is 5.71 Å². The van der Waals surface area contributed by atoms with Crippen LogP contribution in [0.4, 0.5) is 10.1 Å². The smallest absolute Gasteiger partial charge is 0.268 e. The van der Waals surface area contributed by atoms with Crippen LogP contribution in [0.1, 0.15) is 12.0 Å². The number of halogens is 1. The highest BCUT2D eigenvalue weighted by Crippen LogP contribution is 2.18. The summed E-state index contributed by atoms with van der Waals surface area (Å²) in [6, 6.07) is 15.1. The number of nitrogens with zero attached hydrogens (tertiary/aromatic N) is 1. The minimum absolute atomic E-state index is 0.248. The first-order valence-corrected chi connectivity index (χ1v) is 6.57. The number of amides is 1. The van der Waals surface area contributed by atoms with Crippen molar-refractivity contribution >= 4 is 17.3 Å². The summed E-state index contributed by atoms with van der Waals surface area (Å²) in [5.41, 5.74) is 2.11. The fraction of sp³-hybridized carbons (Fsp3) is 0.125. The third-order valence-corrected chi connectivity index (χ3v) is 3.18. The number of benzene rings is 2. The topological polar surface area (TPSA) is 50.7 Å². The summed E-state index contributed by atoms with van der Waals surface area (Å²) in [5, 5.41) is 6.68. The molecule has 4 nitrogen and oxygen atoms in total. The lowest BCUT2D eigenvalue weighted by atomic mass is 10.0. The molecule has 0 fully saturated rings. The average molecular weight is 284 g/mol. The molecule has 0 saturated heterocycles. The lowest BCUT2D eigenvalue weighted by molar-refractivity contribution is -0.125. The van der Waals surface area contributed by atoms with Crippen LogP contribution in [-0.4, -0.2) is 17.7 Å². The van der Waals surface area contributed by atoms with Crippen molar-refractivity contribution in [2.45, 2.75) is 12.5 Å². The summed E-state index contributed by atoms with van der Waals surface area (Å²) in [5.74, 6) is -0.557. The van der Waals surface area contributed by atoms with E-state index in [1.807, 2.05) is 18.2 Å². The fourth-order valence-corrected chi connectivity index (χ4v) is 2.08. The first-order valence-electron chi connectivity index (χ1n) is 6.57. The van der Waals surface area contributed by atoms with Crippen LogP contribution in [0.15, 0.2) is 59.8 Å². The summed E-state index contributed by atoms with van der Waals surface area (Å²) in [6.07, 6.45) is -0.296. The van der Waals surface area contributed by atoms with Gasteiger partial charge in [0.25, 0.3) is 5.91 Å². The highest BCUT2D eigenvalue weighted by Gasteiger charge is 2.28. The van der Waals surface area contributed by atoms with Gasteiger partial charge in [-0.15, -0.1) is 0 Å². The van der Waals surface area contributed by atoms with E-state index in [2.05, 4.69) is 10.5 Å². The number of rotatable bonds is 3. The number of hydrogen-bond acceptors (Lipinski definition) is 3. The zero-order chi connectivity index (χ0) is 14.7. The number of carbonyl (C=O) groups is 1. The molecule has 106 valence electrons. The second-order valence-corrected chi connectivity index (χ2v) is 4.70. The highest BCUT2D eigenvalue weighted by molar-refractivity contribution is 6.06. The molecule has 0 saturated carbocycles. The van der Waals surface area contributed by atoms with E-state index < -0.39 is 6.10 Å². The third-order valence-electron chi connectivity index (χ3n) is 3.18. The van der Waals surface area contributed by atoms with E-state index in [9.17, 15) is 9.18 Å². The predicted octanol–water partition coefficient (Wildman–Crippen LogP) is 2.96. The summed E-state index contributed by atoms with van der Waals surface area (Å²) >= 11 is 0. The number of anilines is 1. The SMILES string of the molecule is O=C(Nc1ccccc1)C1CC(c2ccc(F)cc2)=NO1. The molecule has 0 aromatic heterocycles. The largest absolute Gasteiger partial charge is 0.382 e. The minimum Gasteiger partial charge on any atom is -0.382 e. The van der Waals surface area contributed by atoms with E-state index in [0.29, 0.717) is 17.8 Å². The van der Waals surface area contributed by atoms with Crippen LogP contribution < -0.4 is 5.32 Å². The van der Waals surface area contributed by atoms with Crippen molar-refractivity contribution in [1.29, 1.82) is 0 Å². The Bertz CT molecular complexity index is 668. The molecular formula is C16H13FN2O2. The number of carbonyl (C=O) groups excluding carboxylic acids is 1. The summed E-state index contributed by atoms with van der Waals surface area (Å²) in [4.78, 5) is 17.2. The molecule has 5 heteroatoms. The van der Waals surface area contributed by atoms with Crippen molar-refractivity contribution in [1.82, 2.24) is 0 Å². The second-order valence-electron chi connectivity index (χ2n) is 4.70. The number of oxime groups is 1. The Labute approximate surface area is 121 Å². The van der Waals surface area contributed by atoms with Gasteiger partial charge in [0.1, 0.15) is 5.82 Å². The molecule has 0 radical (unpaired) electrons.